The van der Waals surface area contributed by atoms with Gasteiger partial charge < -0.3 is 15.5 Å². The Balaban J connectivity index is 2.22. The van der Waals surface area contributed by atoms with Crippen LogP contribution in [0.4, 0.5) is 0 Å². The first-order valence-electron chi connectivity index (χ1n) is 6.35. The minimum absolute atomic E-state index is 0.162. The van der Waals surface area contributed by atoms with E-state index in [0.29, 0.717) is 30.1 Å². The zero-order valence-corrected chi connectivity index (χ0v) is 12.2. The molecule has 0 spiro atoms. The van der Waals surface area contributed by atoms with E-state index < -0.39 is 15.3 Å². The lowest BCUT2D eigenvalue weighted by molar-refractivity contribution is 0.178. The lowest BCUT2D eigenvalue weighted by atomic mass is 9.85. The first kappa shape index (κ1) is 13.5. The predicted molar refractivity (Wildman–Crippen MR) is 75.3 cm³/mol. The van der Waals surface area contributed by atoms with E-state index in [4.69, 9.17) is 10.5 Å². The van der Waals surface area contributed by atoms with Gasteiger partial charge in [0.1, 0.15) is 11.3 Å². The molecule has 6 nitrogen and oxygen atoms in total. The number of benzene rings is 1. The van der Waals surface area contributed by atoms with Gasteiger partial charge in [0.25, 0.3) is 0 Å². The van der Waals surface area contributed by atoms with Gasteiger partial charge in [-0.15, -0.1) is 0 Å². The summed E-state index contributed by atoms with van der Waals surface area (Å²) in [6, 6.07) is 4.92. The zero-order valence-electron chi connectivity index (χ0n) is 11.4. The third kappa shape index (κ3) is 1.93. The van der Waals surface area contributed by atoms with E-state index in [1.807, 2.05) is 13.0 Å². The fraction of sp³-hybridized carbons (Fsp3) is 0.462. The molecule has 2 heterocycles. The van der Waals surface area contributed by atoms with Gasteiger partial charge in [0.2, 0.25) is 0 Å². The maximum absolute atomic E-state index is 11.8. The van der Waals surface area contributed by atoms with Crippen molar-refractivity contribution in [2.75, 3.05) is 19.5 Å². The molecule has 3 rings (SSSR count). The van der Waals surface area contributed by atoms with Crippen molar-refractivity contribution in [2.24, 2.45) is 5.73 Å². The standard InChI is InChI=1S/C13H17N3O3S/c1-13(7-19-6-10(13)14)12-15-8-4-3-5-9(11(8)16-12)20(2,17)18/h3-5,10H,6-7,14H2,1-2H3,(H,15,16). The highest BCUT2D eigenvalue weighted by Crippen LogP contribution is 2.32. The number of hydrogen-bond donors (Lipinski definition) is 2. The number of imidazole rings is 1. The number of nitrogens with one attached hydrogen (secondary N) is 1. The highest BCUT2D eigenvalue weighted by molar-refractivity contribution is 7.91. The second-order valence-corrected chi connectivity index (χ2v) is 7.53. The Morgan fingerprint density at radius 2 is 2.25 bits per heavy atom. The van der Waals surface area contributed by atoms with E-state index in [1.54, 1.807) is 12.1 Å². The summed E-state index contributed by atoms with van der Waals surface area (Å²) in [5, 5.41) is 0. The second kappa shape index (κ2) is 4.28. The van der Waals surface area contributed by atoms with Gasteiger partial charge in [0.15, 0.2) is 9.84 Å². The van der Waals surface area contributed by atoms with Gasteiger partial charge in [-0.1, -0.05) is 6.07 Å². The summed E-state index contributed by atoms with van der Waals surface area (Å²) in [7, 11) is -3.32. The topological polar surface area (TPSA) is 98.1 Å². The molecule has 1 aliphatic heterocycles. The average molecular weight is 295 g/mol. The molecule has 0 radical (unpaired) electrons. The van der Waals surface area contributed by atoms with Crippen molar-refractivity contribution in [3.8, 4) is 0 Å². The third-order valence-electron chi connectivity index (χ3n) is 3.93. The van der Waals surface area contributed by atoms with Crippen LogP contribution >= 0.6 is 0 Å². The summed E-state index contributed by atoms with van der Waals surface area (Å²) in [5.74, 6) is 0.675. The largest absolute Gasteiger partial charge is 0.379 e. The predicted octanol–water partition coefficient (Wildman–Crippen LogP) is 0.582. The molecule has 0 amide bonds. The van der Waals surface area contributed by atoms with Gasteiger partial charge >= 0.3 is 0 Å². The first-order valence-corrected chi connectivity index (χ1v) is 8.24. The number of hydrogen-bond acceptors (Lipinski definition) is 5. The zero-order chi connectivity index (χ0) is 14.5. The smallest absolute Gasteiger partial charge is 0.177 e. The fourth-order valence-electron chi connectivity index (χ4n) is 2.51. The Morgan fingerprint density at radius 3 is 2.85 bits per heavy atom. The molecule has 1 aliphatic rings. The van der Waals surface area contributed by atoms with Gasteiger partial charge in [-0.05, 0) is 19.1 Å². The van der Waals surface area contributed by atoms with Gasteiger partial charge in [-0.3, -0.25) is 0 Å². The summed E-state index contributed by atoms with van der Waals surface area (Å²) in [6.45, 7) is 2.93. The van der Waals surface area contributed by atoms with Crippen molar-refractivity contribution in [1.82, 2.24) is 9.97 Å². The van der Waals surface area contributed by atoms with Crippen molar-refractivity contribution in [1.29, 1.82) is 0 Å². The SMILES string of the molecule is CC1(c2nc3c(S(C)(=O)=O)cccc3[nH]2)COCC1N. The van der Waals surface area contributed by atoms with Crippen LogP contribution in [0.5, 0.6) is 0 Å². The van der Waals surface area contributed by atoms with Crippen LogP contribution < -0.4 is 5.73 Å². The molecule has 20 heavy (non-hydrogen) atoms. The van der Waals surface area contributed by atoms with E-state index in [0.717, 1.165) is 0 Å². The van der Waals surface area contributed by atoms with E-state index in [1.165, 1.54) is 6.26 Å². The van der Waals surface area contributed by atoms with Gasteiger partial charge in [0.05, 0.1) is 29.0 Å². The number of H-pyrrole nitrogens is 1. The summed E-state index contributed by atoms with van der Waals surface area (Å²) >= 11 is 0. The van der Waals surface area contributed by atoms with Crippen molar-refractivity contribution in [3.63, 3.8) is 0 Å². The molecule has 2 atom stereocenters. The van der Waals surface area contributed by atoms with E-state index in [9.17, 15) is 8.42 Å². The van der Waals surface area contributed by atoms with Crippen LogP contribution in [0.25, 0.3) is 11.0 Å². The Morgan fingerprint density at radius 1 is 1.50 bits per heavy atom. The molecular weight excluding hydrogens is 278 g/mol. The Labute approximate surface area is 117 Å². The Kier molecular flexibility index (Phi) is 2.89. The lowest BCUT2D eigenvalue weighted by Gasteiger charge is -2.23. The Hall–Kier alpha value is -1.44. The summed E-state index contributed by atoms with van der Waals surface area (Å²) in [6.07, 6.45) is 1.18. The minimum atomic E-state index is -3.32. The molecule has 1 fully saturated rings. The average Bonchev–Trinajstić information content (AvgIpc) is 2.93. The van der Waals surface area contributed by atoms with Crippen LogP contribution in [0.15, 0.2) is 23.1 Å². The molecule has 1 aromatic heterocycles. The molecule has 3 N–H and O–H groups in total. The molecular formula is C13H17N3O3S. The maximum Gasteiger partial charge on any atom is 0.177 e. The van der Waals surface area contributed by atoms with Crippen molar-refractivity contribution < 1.29 is 13.2 Å². The van der Waals surface area contributed by atoms with E-state index in [2.05, 4.69) is 9.97 Å². The van der Waals surface area contributed by atoms with E-state index >= 15 is 0 Å². The van der Waals surface area contributed by atoms with Crippen molar-refractivity contribution >= 4 is 20.9 Å². The molecule has 0 saturated carbocycles. The number of aromatic amines is 1. The third-order valence-corrected chi connectivity index (χ3v) is 5.06. The minimum Gasteiger partial charge on any atom is -0.379 e. The second-order valence-electron chi connectivity index (χ2n) is 5.55. The highest BCUT2D eigenvalue weighted by Gasteiger charge is 2.42. The number of fused-ring (bicyclic) bond motifs is 1. The number of nitrogens with zero attached hydrogens (tertiary/aromatic N) is 1. The van der Waals surface area contributed by atoms with Crippen molar-refractivity contribution in [3.05, 3.63) is 24.0 Å². The number of para-hydroxylation sites is 1. The first-order chi connectivity index (χ1) is 9.32. The van der Waals surface area contributed by atoms with E-state index in [-0.39, 0.29) is 10.9 Å². The molecule has 0 aliphatic carbocycles. The number of ether oxygens (including phenoxy) is 1. The molecule has 1 aromatic carbocycles. The molecule has 0 bridgehead atoms. The summed E-state index contributed by atoms with van der Waals surface area (Å²) in [4.78, 5) is 7.90. The number of nitrogens with two attached hydrogens (primary N) is 1. The molecule has 2 unspecified atom stereocenters. The molecule has 2 aromatic rings. The molecule has 108 valence electrons. The van der Waals surface area contributed by atoms with Gasteiger partial charge in [-0.25, -0.2) is 13.4 Å². The Bertz CT molecular complexity index is 768. The van der Waals surface area contributed by atoms with Gasteiger partial charge in [0, 0.05) is 12.3 Å². The summed E-state index contributed by atoms with van der Waals surface area (Å²) in [5.41, 5.74) is 6.83. The fourth-order valence-corrected chi connectivity index (χ4v) is 3.34. The number of sulfone groups is 1. The van der Waals surface area contributed by atoms with Gasteiger partial charge in [-0.2, -0.15) is 0 Å². The van der Waals surface area contributed by atoms with Crippen LogP contribution in [0, 0.1) is 0 Å². The van der Waals surface area contributed by atoms with Crippen LogP contribution in [-0.2, 0) is 20.0 Å². The van der Waals surface area contributed by atoms with Crippen LogP contribution in [0.3, 0.4) is 0 Å². The highest BCUT2D eigenvalue weighted by atomic mass is 32.2. The maximum atomic E-state index is 11.8. The number of rotatable bonds is 2. The molecule has 7 heteroatoms. The quantitative estimate of drug-likeness (QED) is 0.844. The number of aromatic nitrogens is 2. The van der Waals surface area contributed by atoms with Crippen LogP contribution in [0.1, 0.15) is 12.7 Å². The summed E-state index contributed by atoms with van der Waals surface area (Å²) < 4.78 is 29.1. The molecule has 1 saturated heterocycles. The van der Waals surface area contributed by atoms with Crippen LogP contribution in [0.2, 0.25) is 0 Å². The van der Waals surface area contributed by atoms with Crippen LogP contribution in [-0.4, -0.2) is 43.9 Å². The normalized spacial score (nSPS) is 27.2. The monoisotopic (exact) mass is 295 g/mol. The lowest BCUT2D eigenvalue weighted by Crippen LogP contribution is -2.42. The van der Waals surface area contributed by atoms with Crippen molar-refractivity contribution in [2.45, 2.75) is 23.3 Å².